The fraction of sp³-hybridized carbons (Fsp3) is 0.250. The number of benzene rings is 3. The number of halogens is 1. The predicted molar refractivity (Wildman–Crippen MR) is 120 cm³/mol. The van der Waals surface area contributed by atoms with Gasteiger partial charge < -0.3 is 0 Å². The second-order valence-corrected chi connectivity index (χ2v) is 9.01. The van der Waals surface area contributed by atoms with Crippen LogP contribution in [0.3, 0.4) is 0 Å². The first-order valence-corrected chi connectivity index (χ1v) is 11.5. The Balaban J connectivity index is 0.00000243. The van der Waals surface area contributed by atoms with Gasteiger partial charge in [0, 0.05) is 0 Å². The summed E-state index contributed by atoms with van der Waals surface area (Å²) in [6, 6.07) is 31.0. The molecule has 0 unspecified atom stereocenters. The van der Waals surface area contributed by atoms with Gasteiger partial charge in [-0.25, -0.2) is 0 Å². The van der Waals surface area contributed by atoms with Gasteiger partial charge in [0.2, 0.25) is 0 Å². The quantitative estimate of drug-likeness (QED) is 0.204. The molecule has 0 aromatic heterocycles. The monoisotopic (exact) mass is 469 g/mol. The molecule has 0 aliphatic rings. The Kier molecular flexibility index (Phi) is 9.23. The van der Waals surface area contributed by atoms with Gasteiger partial charge in [0.05, 0.1) is 0 Å². The molecule has 0 amide bonds. The van der Waals surface area contributed by atoms with Crippen LogP contribution in [0.25, 0.3) is 0 Å². The van der Waals surface area contributed by atoms with Gasteiger partial charge in [-0.1, -0.05) is 0 Å². The van der Waals surface area contributed by atoms with Crippen LogP contribution in [0.15, 0.2) is 84.9 Å². The van der Waals surface area contributed by atoms with E-state index in [-0.39, 0.29) is 32.7 Å². The van der Waals surface area contributed by atoms with Crippen molar-refractivity contribution in [3.8, 4) is 0 Å². The molecule has 0 aliphatic carbocycles. The van der Waals surface area contributed by atoms with E-state index in [1.807, 2.05) is 0 Å². The number of rotatable bonds is 8. The molecule has 3 aromatic rings. The molecule has 2 heteroatoms. The van der Waals surface area contributed by atoms with Crippen molar-refractivity contribution in [2.24, 2.45) is 0 Å². The molecule has 0 nitrogen and oxygen atoms in total. The number of hydrogen-bond donors (Lipinski definition) is 0. The molecule has 0 spiro atoms. The molecule has 0 N–H and O–H groups in total. The molecule has 0 heterocycles. The van der Waals surface area contributed by atoms with E-state index < -0.39 is 0 Å². The van der Waals surface area contributed by atoms with Gasteiger partial charge in [-0.3, -0.25) is 0 Å². The van der Waals surface area contributed by atoms with E-state index >= 15 is 0 Å². The first-order chi connectivity index (χ1) is 12.4. The van der Waals surface area contributed by atoms with Crippen LogP contribution in [0.1, 0.15) is 48.8 Å². The van der Waals surface area contributed by atoms with Gasteiger partial charge in [-0.05, 0) is 0 Å². The van der Waals surface area contributed by atoms with E-state index in [0.29, 0.717) is 5.92 Å². The Morgan fingerprint density at radius 2 is 1.23 bits per heavy atom. The summed E-state index contributed by atoms with van der Waals surface area (Å²) in [7, 11) is 0. The Bertz CT molecular complexity index is 716. The summed E-state index contributed by atoms with van der Waals surface area (Å²) in [5, 5.41) is 1.37. The number of unbranched alkanes of at least 4 members (excludes halogenated alkanes) is 2. The minimum absolute atomic E-state index is 0. The number of hydrogen-bond acceptors (Lipinski definition) is 0. The molecule has 1 radical (unpaired) electrons. The third-order valence-electron chi connectivity index (χ3n) is 4.56. The second kappa shape index (κ2) is 11.4. The van der Waals surface area contributed by atoms with Gasteiger partial charge in [0.25, 0.3) is 0 Å². The fourth-order valence-electron chi connectivity index (χ4n) is 3.28. The molecule has 0 bridgehead atoms. The Morgan fingerprint density at radius 1 is 0.692 bits per heavy atom. The van der Waals surface area contributed by atoms with Crippen molar-refractivity contribution in [3.05, 3.63) is 102 Å². The summed E-state index contributed by atoms with van der Waals surface area (Å²) >= 11 is 0.237. The van der Waals surface area contributed by atoms with Crippen LogP contribution in [0.5, 0.6) is 0 Å². The molecule has 26 heavy (non-hydrogen) atoms. The molecular formula is C24H27AsBr. The molecule has 0 aliphatic heterocycles. The van der Waals surface area contributed by atoms with Crippen molar-refractivity contribution < 1.29 is 0 Å². The summed E-state index contributed by atoms with van der Waals surface area (Å²) in [6.07, 6.45) is 4.03. The summed E-state index contributed by atoms with van der Waals surface area (Å²) in [6.45, 7) is 2.28. The molecule has 0 saturated heterocycles. The third kappa shape index (κ3) is 5.60. The average molecular weight is 470 g/mol. The van der Waals surface area contributed by atoms with Crippen LogP contribution in [-0.4, -0.2) is 15.8 Å². The van der Waals surface area contributed by atoms with Crippen molar-refractivity contribution in [1.82, 2.24) is 0 Å². The fourth-order valence-corrected chi connectivity index (χ4v) is 5.80. The SMILES string of the molecule is Br.CCCCC[As]c1ccccc1C(c1ccccc1)c1ccccc1. The van der Waals surface area contributed by atoms with E-state index in [0.717, 1.165) is 0 Å². The van der Waals surface area contributed by atoms with E-state index in [1.165, 1.54) is 41.2 Å². The molecule has 0 atom stereocenters. The topological polar surface area (TPSA) is 0 Å². The van der Waals surface area contributed by atoms with Crippen molar-refractivity contribution in [1.29, 1.82) is 0 Å². The first-order valence-electron chi connectivity index (χ1n) is 9.26. The van der Waals surface area contributed by atoms with E-state index in [1.54, 1.807) is 4.35 Å². The van der Waals surface area contributed by atoms with Crippen molar-refractivity contribution in [2.75, 3.05) is 0 Å². The molecule has 135 valence electrons. The predicted octanol–water partition coefficient (Wildman–Crippen LogP) is 6.38. The van der Waals surface area contributed by atoms with Gasteiger partial charge in [-0.15, -0.1) is 17.0 Å². The van der Waals surface area contributed by atoms with Crippen LogP contribution < -0.4 is 4.35 Å². The van der Waals surface area contributed by atoms with Gasteiger partial charge >= 0.3 is 159 Å². The van der Waals surface area contributed by atoms with E-state index in [2.05, 4.69) is 91.9 Å². The average Bonchev–Trinajstić information content (AvgIpc) is 2.68. The van der Waals surface area contributed by atoms with Crippen LogP contribution in [0.2, 0.25) is 5.21 Å². The Hall–Kier alpha value is -1.30. The minimum atomic E-state index is 0. The van der Waals surface area contributed by atoms with Crippen LogP contribution in [0.4, 0.5) is 0 Å². The summed E-state index contributed by atoms with van der Waals surface area (Å²) < 4.78 is 1.59. The van der Waals surface area contributed by atoms with Crippen molar-refractivity contribution in [3.63, 3.8) is 0 Å². The van der Waals surface area contributed by atoms with Gasteiger partial charge in [-0.2, -0.15) is 0 Å². The summed E-state index contributed by atoms with van der Waals surface area (Å²) in [5.74, 6) is 0.333. The van der Waals surface area contributed by atoms with Crippen LogP contribution in [-0.2, 0) is 0 Å². The zero-order chi connectivity index (χ0) is 17.3. The summed E-state index contributed by atoms with van der Waals surface area (Å²) in [5.41, 5.74) is 4.27. The first kappa shape index (κ1) is 21.0. The van der Waals surface area contributed by atoms with Crippen molar-refractivity contribution >= 4 is 37.1 Å². The van der Waals surface area contributed by atoms with E-state index in [4.69, 9.17) is 0 Å². The standard InChI is InChI=1S/C24H26As.BrH/c1-2-3-12-19-25-23-18-11-10-17-22(23)24(20-13-6-4-7-14-20)21-15-8-5-9-16-21;/h4-11,13-18,24H,2-3,12,19H2,1H3;1H. The Labute approximate surface area is 175 Å². The zero-order valence-corrected chi connectivity index (χ0v) is 18.9. The third-order valence-corrected chi connectivity index (χ3v) is 7.26. The van der Waals surface area contributed by atoms with Crippen LogP contribution in [0, 0.1) is 0 Å². The Morgan fingerprint density at radius 3 is 1.81 bits per heavy atom. The van der Waals surface area contributed by atoms with Gasteiger partial charge in [0.15, 0.2) is 0 Å². The van der Waals surface area contributed by atoms with Crippen molar-refractivity contribution in [2.45, 2.75) is 37.3 Å². The maximum absolute atomic E-state index is 2.36. The molecule has 3 aromatic carbocycles. The summed E-state index contributed by atoms with van der Waals surface area (Å²) in [4.78, 5) is 0. The normalized spacial score (nSPS) is 11.0. The molecule has 0 saturated carbocycles. The molecule has 0 fully saturated rings. The molecular weight excluding hydrogens is 443 g/mol. The van der Waals surface area contributed by atoms with E-state index in [9.17, 15) is 0 Å². The second-order valence-electron chi connectivity index (χ2n) is 6.40. The molecule has 3 rings (SSSR count). The zero-order valence-electron chi connectivity index (χ0n) is 15.3. The maximum atomic E-state index is 2.36. The van der Waals surface area contributed by atoms with Gasteiger partial charge in [0.1, 0.15) is 0 Å². The van der Waals surface area contributed by atoms with Crippen LogP contribution >= 0.6 is 17.0 Å².